The largest absolute Gasteiger partial charge is 0.325 e. The average Bonchev–Trinajstić information content (AvgIpc) is 2.51. The highest BCUT2D eigenvalue weighted by atomic mass is 16.1. The van der Waals surface area contributed by atoms with Crippen LogP contribution in [0.25, 0.3) is 0 Å². The summed E-state index contributed by atoms with van der Waals surface area (Å²) in [5.41, 5.74) is -0.0434. The molecule has 1 aromatic rings. The van der Waals surface area contributed by atoms with E-state index in [4.69, 9.17) is 0 Å². The topological polar surface area (TPSA) is 37.8 Å². The second kappa shape index (κ2) is 3.17. The Balaban J connectivity index is 3.11. The zero-order chi connectivity index (χ0) is 9.19. The Bertz CT molecular complexity index is 293. The molecule has 0 fully saturated rings. The average molecular weight is 168 g/mol. The molecule has 0 saturated carbocycles. The first-order valence-corrected chi connectivity index (χ1v) is 4.40. The SMILES string of the molecule is CCC(C)(CC)n1cc[nH]c1=O. The van der Waals surface area contributed by atoms with Crippen molar-refractivity contribution in [2.24, 2.45) is 0 Å². The van der Waals surface area contributed by atoms with Crippen molar-refractivity contribution in [2.45, 2.75) is 39.2 Å². The number of hydrogen-bond donors (Lipinski definition) is 1. The van der Waals surface area contributed by atoms with Crippen molar-refractivity contribution in [1.29, 1.82) is 0 Å². The van der Waals surface area contributed by atoms with Gasteiger partial charge in [-0.3, -0.25) is 4.57 Å². The Hall–Kier alpha value is -0.990. The molecular formula is C9H16N2O. The first-order chi connectivity index (χ1) is 5.64. The molecule has 0 radical (unpaired) electrons. The fourth-order valence-electron chi connectivity index (χ4n) is 1.34. The fraction of sp³-hybridized carbons (Fsp3) is 0.667. The van der Waals surface area contributed by atoms with E-state index in [1.54, 1.807) is 10.8 Å². The van der Waals surface area contributed by atoms with E-state index in [9.17, 15) is 4.79 Å². The van der Waals surface area contributed by atoms with Crippen LogP contribution in [0.1, 0.15) is 33.6 Å². The van der Waals surface area contributed by atoms with Crippen molar-refractivity contribution < 1.29 is 0 Å². The van der Waals surface area contributed by atoms with Gasteiger partial charge in [0.05, 0.1) is 0 Å². The predicted molar refractivity (Wildman–Crippen MR) is 49.3 cm³/mol. The molecule has 12 heavy (non-hydrogen) atoms. The summed E-state index contributed by atoms with van der Waals surface area (Å²) < 4.78 is 1.77. The summed E-state index contributed by atoms with van der Waals surface area (Å²) in [7, 11) is 0. The van der Waals surface area contributed by atoms with E-state index in [0.29, 0.717) is 0 Å². The Kier molecular flexibility index (Phi) is 2.40. The summed E-state index contributed by atoms with van der Waals surface area (Å²) in [6.07, 6.45) is 5.45. The molecule has 0 aliphatic heterocycles. The minimum atomic E-state index is -0.0307. The molecule has 0 bridgehead atoms. The van der Waals surface area contributed by atoms with Gasteiger partial charge >= 0.3 is 5.69 Å². The van der Waals surface area contributed by atoms with Gasteiger partial charge in [0, 0.05) is 17.9 Å². The lowest BCUT2D eigenvalue weighted by atomic mass is 9.95. The first kappa shape index (κ1) is 9.10. The van der Waals surface area contributed by atoms with Crippen molar-refractivity contribution in [3.8, 4) is 0 Å². The van der Waals surface area contributed by atoms with E-state index >= 15 is 0 Å². The van der Waals surface area contributed by atoms with Crippen LogP contribution in [0.15, 0.2) is 17.2 Å². The molecule has 3 heteroatoms. The monoisotopic (exact) mass is 168 g/mol. The second-order valence-corrected chi connectivity index (χ2v) is 3.34. The quantitative estimate of drug-likeness (QED) is 0.733. The van der Waals surface area contributed by atoms with Crippen LogP contribution in [0.2, 0.25) is 0 Å². The molecule has 0 spiro atoms. The zero-order valence-corrected chi connectivity index (χ0v) is 7.92. The molecule has 0 aromatic carbocycles. The molecule has 0 amide bonds. The molecule has 1 N–H and O–H groups in total. The van der Waals surface area contributed by atoms with E-state index in [0.717, 1.165) is 12.8 Å². The Morgan fingerprint density at radius 2 is 2.08 bits per heavy atom. The highest BCUT2D eigenvalue weighted by Crippen LogP contribution is 2.21. The molecule has 0 atom stereocenters. The van der Waals surface area contributed by atoms with E-state index in [1.165, 1.54) is 0 Å². The maximum absolute atomic E-state index is 11.3. The molecule has 0 saturated heterocycles. The highest BCUT2D eigenvalue weighted by molar-refractivity contribution is 4.88. The van der Waals surface area contributed by atoms with E-state index < -0.39 is 0 Å². The van der Waals surface area contributed by atoms with Crippen LogP contribution in [-0.4, -0.2) is 9.55 Å². The minimum Gasteiger partial charge on any atom is -0.313 e. The third kappa shape index (κ3) is 1.31. The third-order valence-electron chi connectivity index (χ3n) is 2.75. The van der Waals surface area contributed by atoms with E-state index in [1.807, 2.05) is 6.20 Å². The number of hydrogen-bond acceptors (Lipinski definition) is 1. The first-order valence-electron chi connectivity index (χ1n) is 4.40. The van der Waals surface area contributed by atoms with Gasteiger partial charge in [-0.05, 0) is 19.8 Å². The molecule has 0 aliphatic rings. The summed E-state index contributed by atoms with van der Waals surface area (Å²) >= 11 is 0. The van der Waals surface area contributed by atoms with Crippen molar-refractivity contribution in [3.05, 3.63) is 22.9 Å². The van der Waals surface area contributed by atoms with Crippen molar-refractivity contribution >= 4 is 0 Å². The molecule has 3 nitrogen and oxygen atoms in total. The maximum atomic E-state index is 11.3. The molecule has 68 valence electrons. The molecule has 1 rings (SSSR count). The number of aromatic amines is 1. The zero-order valence-electron chi connectivity index (χ0n) is 7.92. The predicted octanol–water partition coefficient (Wildman–Crippen LogP) is 1.71. The summed E-state index contributed by atoms with van der Waals surface area (Å²) in [4.78, 5) is 13.9. The van der Waals surface area contributed by atoms with Gasteiger partial charge in [-0.25, -0.2) is 4.79 Å². The van der Waals surface area contributed by atoms with Crippen molar-refractivity contribution in [1.82, 2.24) is 9.55 Å². The van der Waals surface area contributed by atoms with Crippen molar-refractivity contribution in [2.75, 3.05) is 0 Å². The number of nitrogens with one attached hydrogen (secondary N) is 1. The number of nitrogens with zero attached hydrogens (tertiary/aromatic N) is 1. The Morgan fingerprint density at radius 1 is 1.50 bits per heavy atom. The van der Waals surface area contributed by atoms with E-state index in [2.05, 4.69) is 25.8 Å². The smallest absolute Gasteiger partial charge is 0.313 e. The minimum absolute atomic E-state index is 0.0128. The fourth-order valence-corrected chi connectivity index (χ4v) is 1.34. The summed E-state index contributed by atoms with van der Waals surface area (Å²) in [5.74, 6) is 0. The van der Waals surface area contributed by atoms with Crippen LogP contribution >= 0.6 is 0 Å². The summed E-state index contributed by atoms with van der Waals surface area (Å²) in [6.45, 7) is 6.30. The summed E-state index contributed by atoms with van der Waals surface area (Å²) in [5, 5.41) is 0. The summed E-state index contributed by atoms with van der Waals surface area (Å²) in [6, 6.07) is 0. The van der Waals surface area contributed by atoms with Gasteiger partial charge in [-0.1, -0.05) is 13.8 Å². The molecular weight excluding hydrogens is 152 g/mol. The van der Waals surface area contributed by atoms with Gasteiger partial charge in [0.2, 0.25) is 0 Å². The number of H-pyrrole nitrogens is 1. The van der Waals surface area contributed by atoms with Gasteiger partial charge < -0.3 is 4.98 Å². The van der Waals surface area contributed by atoms with Crippen LogP contribution in [0, 0.1) is 0 Å². The lowest BCUT2D eigenvalue weighted by molar-refractivity contribution is 0.286. The van der Waals surface area contributed by atoms with Gasteiger partial charge in [0.15, 0.2) is 0 Å². The van der Waals surface area contributed by atoms with Gasteiger partial charge in [0.25, 0.3) is 0 Å². The normalized spacial score (nSPS) is 11.9. The number of aromatic nitrogens is 2. The molecule has 0 unspecified atom stereocenters. The molecule has 0 aliphatic carbocycles. The van der Waals surface area contributed by atoms with Crippen LogP contribution in [0.5, 0.6) is 0 Å². The molecule has 1 heterocycles. The second-order valence-electron chi connectivity index (χ2n) is 3.34. The van der Waals surface area contributed by atoms with Crippen LogP contribution in [0.4, 0.5) is 0 Å². The Morgan fingerprint density at radius 3 is 2.42 bits per heavy atom. The van der Waals surface area contributed by atoms with E-state index in [-0.39, 0.29) is 11.2 Å². The molecule has 1 aromatic heterocycles. The van der Waals surface area contributed by atoms with Crippen molar-refractivity contribution in [3.63, 3.8) is 0 Å². The van der Waals surface area contributed by atoms with Crippen LogP contribution in [0.3, 0.4) is 0 Å². The van der Waals surface area contributed by atoms with Gasteiger partial charge in [-0.15, -0.1) is 0 Å². The lowest BCUT2D eigenvalue weighted by Crippen LogP contribution is -2.35. The van der Waals surface area contributed by atoms with Gasteiger partial charge in [-0.2, -0.15) is 0 Å². The maximum Gasteiger partial charge on any atom is 0.325 e. The van der Waals surface area contributed by atoms with Crippen LogP contribution in [-0.2, 0) is 5.54 Å². The number of rotatable bonds is 3. The standard InChI is InChI=1S/C9H16N2O/c1-4-9(3,5-2)11-7-6-10-8(11)12/h6-7H,4-5H2,1-3H3,(H,10,12). The van der Waals surface area contributed by atoms with Gasteiger partial charge in [0.1, 0.15) is 0 Å². The van der Waals surface area contributed by atoms with Crippen LogP contribution < -0.4 is 5.69 Å². The Labute approximate surface area is 72.4 Å². The lowest BCUT2D eigenvalue weighted by Gasteiger charge is -2.27. The highest BCUT2D eigenvalue weighted by Gasteiger charge is 2.22. The third-order valence-corrected chi connectivity index (χ3v) is 2.75. The number of imidazole rings is 1.